The van der Waals surface area contributed by atoms with E-state index in [-0.39, 0.29) is 0 Å². The van der Waals surface area contributed by atoms with Crippen LogP contribution in [0.1, 0.15) is 46.5 Å². The molecule has 6 atom stereocenters. The summed E-state index contributed by atoms with van der Waals surface area (Å²) in [6.45, 7) is 8.20. The Bertz CT molecular complexity index is 323. The topological polar surface area (TPSA) is 24.4 Å². The first-order valence-corrected chi connectivity index (χ1v) is 7.47. The highest BCUT2D eigenvalue weighted by atomic mass is 15.0. The molecule has 0 bridgehead atoms. The standard InChI is InChI=1S/C15H26N2/c1-9-8-16-15-13(11(9)3)7-6-12-5-4-10(2)17-14(12)15/h9-14,17H,4-8H2,1-3H3. The SMILES string of the molecule is CC1CCC2CCC3C(=NCC(C)C3C)C2N1. The second-order valence-corrected chi connectivity index (χ2v) is 6.67. The van der Waals surface area contributed by atoms with Crippen molar-refractivity contribution in [3.05, 3.63) is 0 Å². The third-order valence-corrected chi connectivity index (χ3v) is 5.55. The number of aliphatic imine (C=N–C) groups is 1. The lowest BCUT2D eigenvalue weighted by atomic mass is 9.65. The van der Waals surface area contributed by atoms with Gasteiger partial charge in [0.1, 0.15) is 0 Å². The average molecular weight is 234 g/mol. The van der Waals surface area contributed by atoms with Crippen LogP contribution in [0, 0.1) is 23.7 Å². The first-order chi connectivity index (χ1) is 8.16. The Kier molecular flexibility index (Phi) is 3.02. The lowest BCUT2D eigenvalue weighted by Crippen LogP contribution is -2.57. The van der Waals surface area contributed by atoms with Gasteiger partial charge in [0.25, 0.3) is 0 Å². The maximum Gasteiger partial charge on any atom is 0.0484 e. The molecule has 1 saturated heterocycles. The van der Waals surface area contributed by atoms with Gasteiger partial charge in [0.05, 0.1) is 0 Å². The predicted molar refractivity (Wildman–Crippen MR) is 72.5 cm³/mol. The van der Waals surface area contributed by atoms with E-state index in [9.17, 15) is 0 Å². The fourth-order valence-corrected chi connectivity index (χ4v) is 4.13. The molecule has 2 fully saturated rings. The van der Waals surface area contributed by atoms with Crippen LogP contribution in [0.4, 0.5) is 0 Å². The monoisotopic (exact) mass is 234 g/mol. The number of rotatable bonds is 0. The second-order valence-electron chi connectivity index (χ2n) is 6.67. The molecule has 2 aliphatic heterocycles. The fourth-order valence-electron chi connectivity index (χ4n) is 4.13. The van der Waals surface area contributed by atoms with Gasteiger partial charge in [0, 0.05) is 30.3 Å². The molecule has 17 heavy (non-hydrogen) atoms. The summed E-state index contributed by atoms with van der Waals surface area (Å²) >= 11 is 0. The van der Waals surface area contributed by atoms with Gasteiger partial charge in [-0.1, -0.05) is 13.8 Å². The van der Waals surface area contributed by atoms with Gasteiger partial charge in [-0.2, -0.15) is 0 Å². The summed E-state index contributed by atoms with van der Waals surface area (Å²) in [7, 11) is 0. The quantitative estimate of drug-likeness (QED) is 0.685. The molecule has 0 aromatic carbocycles. The normalized spacial score (nSPS) is 50.2. The van der Waals surface area contributed by atoms with E-state index in [4.69, 9.17) is 4.99 Å². The van der Waals surface area contributed by atoms with Gasteiger partial charge in [0.15, 0.2) is 0 Å². The van der Waals surface area contributed by atoms with E-state index < -0.39 is 0 Å². The number of hydrogen-bond acceptors (Lipinski definition) is 2. The van der Waals surface area contributed by atoms with Crippen molar-refractivity contribution in [2.45, 2.75) is 58.5 Å². The highest BCUT2D eigenvalue weighted by Crippen LogP contribution is 2.40. The summed E-state index contributed by atoms with van der Waals surface area (Å²) in [5, 5.41) is 3.82. The molecule has 0 aromatic heterocycles. The minimum atomic E-state index is 0.618. The summed E-state index contributed by atoms with van der Waals surface area (Å²) in [6, 6.07) is 1.31. The molecule has 1 aliphatic carbocycles. The molecule has 6 unspecified atom stereocenters. The van der Waals surface area contributed by atoms with Crippen LogP contribution in [0.2, 0.25) is 0 Å². The number of nitrogens with one attached hydrogen (secondary N) is 1. The van der Waals surface area contributed by atoms with Crippen LogP contribution in [0.3, 0.4) is 0 Å². The van der Waals surface area contributed by atoms with Crippen LogP contribution in [0.5, 0.6) is 0 Å². The molecule has 3 aliphatic rings. The summed E-state index contributed by atoms with van der Waals surface area (Å²) in [4.78, 5) is 4.96. The van der Waals surface area contributed by atoms with Crippen LogP contribution in [-0.2, 0) is 0 Å². The number of piperidine rings is 1. The molecule has 2 heterocycles. The number of hydrogen-bond donors (Lipinski definition) is 1. The van der Waals surface area contributed by atoms with Gasteiger partial charge < -0.3 is 5.32 Å². The van der Waals surface area contributed by atoms with Crippen LogP contribution < -0.4 is 5.32 Å². The number of nitrogens with zero attached hydrogens (tertiary/aromatic N) is 1. The van der Waals surface area contributed by atoms with Crippen molar-refractivity contribution in [1.29, 1.82) is 0 Å². The van der Waals surface area contributed by atoms with E-state index in [1.807, 2.05) is 0 Å². The van der Waals surface area contributed by atoms with Crippen molar-refractivity contribution < 1.29 is 0 Å². The summed E-state index contributed by atoms with van der Waals surface area (Å²) in [5.41, 5.74) is 1.54. The zero-order valence-corrected chi connectivity index (χ0v) is 11.4. The maximum atomic E-state index is 4.96. The van der Waals surface area contributed by atoms with Gasteiger partial charge in [-0.3, -0.25) is 4.99 Å². The molecule has 2 nitrogen and oxygen atoms in total. The van der Waals surface area contributed by atoms with Gasteiger partial charge in [-0.05, 0) is 50.4 Å². The van der Waals surface area contributed by atoms with Crippen molar-refractivity contribution in [2.24, 2.45) is 28.7 Å². The van der Waals surface area contributed by atoms with Crippen molar-refractivity contribution in [2.75, 3.05) is 6.54 Å². The van der Waals surface area contributed by atoms with Crippen LogP contribution >= 0.6 is 0 Å². The highest BCUT2D eigenvalue weighted by Gasteiger charge is 2.43. The fraction of sp³-hybridized carbons (Fsp3) is 0.933. The minimum absolute atomic E-state index is 0.618. The Morgan fingerprint density at radius 1 is 1.06 bits per heavy atom. The van der Waals surface area contributed by atoms with E-state index in [1.54, 1.807) is 5.71 Å². The maximum absolute atomic E-state index is 4.96. The largest absolute Gasteiger partial charge is 0.306 e. The smallest absolute Gasteiger partial charge is 0.0484 e. The van der Waals surface area contributed by atoms with Gasteiger partial charge in [-0.15, -0.1) is 0 Å². The molecule has 0 spiro atoms. The third-order valence-electron chi connectivity index (χ3n) is 5.55. The first-order valence-electron chi connectivity index (χ1n) is 7.47. The Labute approximate surface area is 105 Å². The Hall–Kier alpha value is -0.370. The van der Waals surface area contributed by atoms with Crippen LogP contribution in [0.25, 0.3) is 0 Å². The zero-order valence-electron chi connectivity index (χ0n) is 11.4. The molecule has 1 saturated carbocycles. The van der Waals surface area contributed by atoms with Crippen LogP contribution in [0.15, 0.2) is 4.99 Å². The Morgan fingerprint density at radius 2 is 1.82 bits per heavy atom. The Morgan fingerprint density at radius 3 is 2.65 bits per heavy atom. The van der Waals surface area contributed by atoms with Crippen molar-refractivity contribution in [3.8, 4) is 0 Å². The van der Waals surface area contributed by atoms with E-state index in [1.165, 1.54) is 25.7 Å². The lowest BCUT2D eigenvalue weighted by molar-refractivity contribution is 0.192. The van der Waals surface area contributed by atoms with E-state index in [0.717, 1.165) is 30.2 Å². The molecule has 96 valence electrons. The molecular formula is C15H26N2. The van der Waals surface area contributed by atoms with Gasteiger partial charge >= 0.3 is 0 Å². The molecule has 2 heteroatoms. The van der Waals surface area contributed by atoms with Crippen molar-refractivity contribution >= 4 is 5.71 Å². The van der Waals surface area contributed by atoms with Crippen LogP contribution in [-0.4, -0.2) is 24.3 Å². The molecular weight excluding hydrogens is 208 g/mol. The van der Waals surface area contributed by atoms with Crippen molar-refractivity contribution in [3.63, 3.8) is 0 Å². The number of fused-ring (bicyclic) bond motifs is 3. The second kappa shape index (κ2) is 4.38. The summed E-state index contributed by atoms with van der Waals surface area (Å²) in [5.74, 6) is 3.27. The van der Waals surface area contributed by atoms with E-state index >= 15 is 0 Å². The average Bonchev–Trinajstić information content (AvgIpc) is 2.33. The van der Waals surface area contributed by atoms with Gasteiger partial charge in [-0.25, -0.2) is 0 Å². The molecule has 0 radical (unpaired) electrons. The predicted octanol–water partition coefficient (Wildman–Crippen LogP) is 2.88. The van der Waals surface area contributed by atoms with E-state index in [0.29, 0.717) is 12.1 Å². The third kappa shape index (κ3) is 1.95. The summed E-state index contributed by atoms with van der Waals surface area (Å²) < 4.78 is 0. The lowest BCUT2D eigenvalue weighted by Gasteiger charge is -2.47. The molecule has 0 aromatic rings. The minimum Gasteiger partial charge on any atom is -0.306 e. The molecule has 3 rings (SSSR count). The first kappa shape index (κ1) is 11.7. The molecule has 1 N–H and O–H groups in total. The molecule has 0 amide bonds. The van der Waals surface area contributed by atoms with Gasteiger partial charge in [0.2, 0.25) is 0 Å². The Balaban J connectivity index is 1.85. The summed E-state index contributed by atoms with van der Waals surface area (Å²) in [6.07, 6.45) is 5.58. The van der Waals surface area contributed by atoms with Crippen molar-refractivity contribution in [1.82, 2.24) is 5.32 Å². The van der Waals surface area contributed by atoms with E-state index in [2.05, 4.69) is 26.1 Å². The highest BCUT2D eigenvalue weighted by molar-refractivity contribution is 5.93. The zero-order chi connectivity index (χ0) is 12.0.